The number of hydrogen-bond donors (Lipinski definition) is 1. The second kappa shape index (κ2) is 7.35. The molecule has 0 saturated heterocycles. The maximum absolute atomic E-state index is 11.6. The molecule has 1 rings (SSSR count). The van der Waals surface area contributed by atoms with Gasteiger partial charge in [-0.2, -0.15) is 0 Å². The fourth-order valence-corrected chi connectivity index (χ4v) is 2.84. The average Bonchev–Trinajstić information content (AvgIpc) is 2.33. The van der Waals surface area contributed by atoms with Crippen molar-refractivity contribution in [3.8, 4) is 0 Å². The van der Waals surface area contributed by atoms with Gasteiger partial charge in [-0.05, 0) is 35.4 Å². The molecular weight excluding hydrogens is 397 g/mol. The summed E-state index contributed by atoms with van der Waals surface area (Å²) in [4.78, 5) is 20.7. The van der Waals surface area contributed by atoms with Crippen molar-refractivity contribution >= 4 is 44.3 Å². The van der Waals surface area contributed by atoms with Crippen molar-refractivity contribution in [2.45, 2.75) is 32.7 Å². The van der Waals surface area contributed by atoms with Crippen LogP contribution in [0, 0.1) is 3.57 Å². The van der Waals surface area contributed by atoms with Gasteiger partial charge in [0, 0.05) is 17.9 Å². The minimum Gasteiger partial charge on any atom is -0.352 e. The molecule has 4 nitrogen and oxygen atoms in total. The Morgan fingerprint density at radius 1 is 1.53 bits per heavy atom. The molecule has 0 aliphatic heterocycles. The van der Waals surface area contributed by atoms with Crippen LogP contribution in [0.15, 0.2) is 11.1 Å². The summed E-state index contributed by atoms with van der Waals surface area (Å²) in [5.74, 6) is 0.794. The van der Waals surface area contributed by atoms with Crippen LogP contribution >= 0.6 is 38.5 Å². The van der Waals surface area contributed by atoms with Crippen LogP contribution < -0.4 is 10.5 Å². The normalized spacial score (nSPS) is 10.9. The first-order valence-electron chi connectivity index (χ1n) is 5.71. The highest BCUT2D eigenvalue weighted by Crippen LogP contribution is 2.21. The summed E-state index contributed by atoms with van der Waals surface area (Å²) >= 11 is 5.52. The van der Waals surface area contributed by atoms with Crippen LogP contribution in [0.3, 0.4) is 0 Å². The minimum absolute atomic E-state index is 0.0684. The molecule has 6 heteroatoms. The number of aromatic amines is 1. The largest absolute Gasteiger partial charge is 0.352 e. The number of anilines is 1. The number of halogens is 2. The molecule has 1 N–H and O–H groups in total. The average molecular weight is 414 g/mol. The third-order valence-electron chi connectivity index (χ3n) is 2.76. The van der Waals surface area contributed by atoms with E-state index in [9.17, 15) is 4.79 Å². The molecule has 17 heavy (non-hydrogen) atoms. The molecule has 0 aromatic carbocycles. The van der Waals surface area contributed by atoms with Crippen LogP contribution in [0.25, 0.3) is 0 Å². The van der Waals surface area contributed by atoms with E-state index in [1.165, 1.54) is 6.33 Å². The van der Waals surface area contributed by atoms with Gasteiger partial charge >= 0.3 is 0 Å². The van der Waals surface area contributed by atoms with Crippen LogP contribution in [0.5, 0.6) is 0 Å². The molecule has 0 spiro atoms. The lowest BCUT2D eigenvalue weighted by atomic mass is 10.1. The molecule has 0 amide bonds. The Morgan fingerprint density at radius 2 is 2.18 bits per heavy atom. The molecule has 0 atom stereocenters. The quantitative estimate of drug-likeness (QED) is 0.576. The van der Waals surface area contributed by atoms with E-state index in [0.717, 1.165) is 30.5 Å². The lowest BCUT2D eigenvalue weighted by molar-refractivity contribution is 0.562. The Kier molecular flexibility index (Phi) is 6.47. The van der Waals surface area contributed by atoms with Crippen molar-refractivity contribution in [1.29, 1.82) is 0 Å². The molecule has 0 saturated carbocycles. The van der Waals surface area contributed by atoms with Crippen LogP contribution in [0.1, 0.15) is 26.7 Å². The molecule has 1 aromatic rings. The molecular formula is C11H17BrIN3O. The summed E-state index contributed by atoms with van der Waals surface area (Å²) in [5, 5.41) is 0.869. The topological polar surface area (TPSA) is 49.0 Å². The van der Waals surface area contributed by atoms with Crippen molar-refractivity contribution in [2.24, 2.45) is 0 Å². The maximum atomic E-state index is 11.6. The fraction of sp³-hybridized carbons (Fsp3) is 0.636. The lowest BCUT2D eigenvalue weighted by Crippen LogP contribution is -2.38. The van der Waals surface area contributed by atoms with E-state index in [4.69, 9.17) is 0 Å². The van der Waals surface area contributed by atoms with Crippen LogP contribution in [0.4, 0.5) is 5.82 Å². The summed E-state index contributed by atoms with van der Waals surface area (Å²) < 4.78 is 0.665. The molecule has 1 aromatic heterocycles. The van der Waals surface area contributed by atoms with E-state index >= 15 is 0 Å². The van der Waals surface area contributed by atoms with Gasteiger partial charge < -0.3 is 9.88 Å². The first kappa shape index (κ1) is 14.9. The first-order chi connectivity index (χ1) is 8.15. The van der Waals surface area contributed by atoms with Crippen LogP contribution in [-0.4, -0.2) is 27.9 Å². The number of nitrogens with one attached hydrogen (secondary N) is 1. The number of H-pyrrole nitrogens is 1. The number of aromatic nitrogens is 2. The van der Waals surface area contributed by atoms with Gasteiger partial charge in [0.1, 0.15) is 9.39 Å². The summed E-state index contributed by atoms with van der Waals surface area (Å²) in [6.45, 7) is 5.18. The standard InChI is InChI=1S/C11H17BrIN3O/c1-3-8(4-2)16(6-5-12)10-9(13)11(17)15-7-14-10/h7-8H,3-6H2,1-2H3,(H,14,15,17). The van der Waals surface area contributed by atoms with Gasteiger partial charge in [-0.15, -0.1) is 0 Å². The Labute approximate surface area is 123 Å². The molecule has 0 aliphatic rings. The molecule has 1 heterocycles. The first-order valence-corrected chi connectivity index (χ1v) is 7.91. The van der Waals surface area contributed by atoms with E-state index in [0.29, 0.717) is 9.61 Å². The second-order valence-electron chi connectivity index (χ2n) is 3.72. The van der Waals surface area contributed by atoms with E-state index in [-0.39, 0.29) is 5.56 Å². The van der Waals surface area contributed by atoms with Gasteiger partial charge in [0.2, 0.25) is 0 Å². The van der Waals surface area contributed by atoms with Crippen molar-refractivity contribution < 1.29 is 0 Å². The Bertz CT molecular complexity index is 406. The number of hydrogen-bond acceptors (Lipinski definition) is 3. The summed E-state index contributed by atoms with van der Waals surface area (Å²) in [6.07, 6.45) is 3.57. The summed E-state index contributed by atoms with van der Waals surface area (Å²) in [6, 6.07) is 0.426. The Balaban J connectivity index is 3.13. The van der Waals surface area contributed by atoms with Crippen molar-refractivity contribution in [3.63, 3.8) is 0 Å². The highest BCUT2D eigenvalue weighted by molar-refractivity contribution is 14.1. The fourth-order valence-electron chi connectivity index (χ4n) is 1.86. The highest BCUT2D eigenvalue weighted by atomic mass is 127. The smallest absolute Gasteiger partial charge is 0.266 e. The van der Waals surface area contributed by atoms with Crippen molar-refractivity contribution in [2.75, 3.05) is 16.8 Å². The second-order valence-corrected chi connectivity index (χ2v) is 5.59. The Morgan fingerprint density at radius 3 is 2.71 bits per heavy atom. The Hall–Kier alpha value is -0.110. The number of alkyl halides is 1. The summed E-state index contributed by atoms with van der Waals surface area (Å²) in [5.41, 5.74) is -0.0684. The number of nitrogens with zero attached hydrogens (tertiary/aromatic N) is 2. The number of rotatable bonds is 6. The predicted octanol–water partition coefficient (Wildman–Crippen LogP) is 2.76. The van der Waals surface area contributed by atoms with E-state index in [1.54, 1.807) is 0 Å². The van der Waals surface area contributed by atoms with E-state index < -0.39 is 0 Å². The molecule has 0 aliphatic carbocycles. The predicted molar refractivity (Wildman–Crippen MR) is 83.1 cm³/mol. The van der Waals surface area contributed by atoms with Gasteiger partial charge in [-0.3, -0.25) is 4.79 Å². The van der Waals surface area contributed by atoms with Crippen LogP contribution in [-0.2, 0) is 0 Å². The van der Waals surface area contributed by atoms with Gasteiger partial charge in [0.15, 0.2) is 0 Å². The molecule has 0 radical (unpaired) electrons. The van der Waals surface area contributed by atoms with Gasteiger partial charge in [-0.25, -0.2) is 4.98 Å². The zero-order valence-corrected chi connectivity index (χ0v) is 13.8. The van der Waals surface area contributed by atoms with Gasteiger partial charge in [-0.1, -0.05) is 29.8 Å². The summed E-state index contributed by atoms with van der Waals surface area (Å²) in [7, 11) is 0. The zero-order valence-electron chi connectivity index (χ0n) is 10.0. The molecule has 96 valence electrons. The van der Waals surface area contributed by atoms with E-state index in [1.807, 2.05) is 0 Å². The zero-order chi connectivity index (χ0) is 12.8. The monoisotopic (exact) mass is 413 g/mol. The van der Waals surface area contributed by atoms with E-state index in [2.05, 4.69) is 67.2 Å². The third kappa shape index (κ3) is 3.67. The molecule has 0 bridgehead atoms. The molecule has 0 unspecified atom stereocenters. The molecule has 0 fully saturated rings. The van der Waals surface area contributed by atoms with Gasteiger partial charge in [0.05, 0.1) is 6.33 Å². The highest BCUT2D eigenvalue weighted by Gasteiger charge is 2.19. The van der Waals surface area contributed by atoms with Crippen molar-refractivity contribution in [3.05, 3.63) is 20.3 Å². The van der Waals surface area contributed by atoms with Crippen molar-refractivity contribution in [1.82, 2.24) is 9.97 Å². The lowest BCUT2D eigenvalue weighted by Gasteiger charge is -2.31. The minimum atomic E-state index is -0.0684. The SMILES string of the molecule is CCC(CC)N(CCBr)c1nc[nH]c(=O)c1I. The maximum Gasteiger partial charge on any atom is 0.266 e. The third-order valence-corrected chi connectivity index (χ3v) is 4.09. The van der Waals surface area contributed by atoms with Gasteiger partial charge in [0.25, 0.3) is 5.56 Å². The van der Waals surface area contributed by atoms with Crippen LogP contribution in [0.2, 0.25) is 0 Å².